The third-order valence-electron chi connectivity index (χ3n) is 18.3. The summed E-state index contributed by atoms with van der Waals surface area (Å²) in [7, 11) is 4.76. The number of hydrogen-bond donors (Lipinski definition) is 3. The minimum atomic E-state index is -1.84. The van der Waals surface area contributed by atoms with Gasteiger partial charge in [-0.25, -0.2) is 0 Å². The van der Waals surface area contributed by atoms with Crippen molar-refractivity contribution in [3.8, 4) is 0 Å². The van der Waals surface area contributed by atoms with Gasteiger partial charge in [-0.1, -0.05) is 137 Å². The first-order valence-electron chi connectivity index (χ1n) is 30.5. The molecule has 466 valence electrons. The van der Waals surface area contributed by atoms with Gasteiger partial charge in [0.15, 0.2) is 8.32 Å². The second-order valence-corrected chi connectivity index (χ2v) is 31.0. The standard InChI is InChI=1S/C36H64O7Si.C30H50O7/c1-14-29(43-44(12,13)35(6,7)8)27(5)34-30(41-34)22-24(2)16-15-17-25(3)33-26(4)18-19-31(39-10)36(9,40-11)21-20-28(37)23-32(38)42-33;1-9-24(32)22(5)29-25(36-29)17-19(2)11-10-12-20(3)28-21(4)13-14-26(34-7)30(6,35-8)16-15-23(31)18-27(33)37-28/h15-19,24,26-31,33-34,37H,14,20-23H2,1-13H3;10-14,19,21-26,28-29,31-32H,9,15-18H2,1-8H3/b16-15+,19-18+,25-17+;11-10+,14-13+,20-12+. The lowest BCUT2D eigenvalue weighted by atomic mass is 9.88. The normalized spacial score (nSPS) is 35.5. The van der Waals surface area contributed by atoms with Crippen LogP contribution in [0.15, 0.2) is 71.9 Å². The molecule has 0 amide bonds. The first-order valence-corrected chi connectivity index (χ1v) is 33.4. The average molecular weight is 1160 g/mol. The van der Waals surface area contributed by atoms with Crippen LogP contribution >= 0.6 is 0 Å². The maximum atomic E-state index is 12.8. The summed E-state index contributed by atoms with van der Waals surface area (Å²) in [6.07, 6.45) is 23.4. The molecule has 4 aliphatic heterocycles. The van der Waals surface area contributed by atoms with Crippen molar-refractivity contribution in [3.05, 3.63) is 71.9 Å². The number of aliphatic hydroxyl groups excluding tert-OH is 3. The number of epoxide rings is 2. The summed E-state index contributed by atoms with van der Waals surface area (Å²) >= 11 is 0. The first kappa shape index (κ1) is 72.5. The highest BCUT2D eigenvalue weighted by Gasteiger charge is 2.49. The minimum Gasteiger partial charge on any atom is -0.457 e. The van der Waals surface area contributed by atoms with Crippen LogP contribution in [0.3, 0.4) is 0 Å². The molecule has 15 heteroatoms. The number of rotatable bonds is 22. The van der Waals surface area contributed by atoms with Crippen molar-refractivity contribution in [2.45, 2.75) is 271 Å². The molecule has 20 unspecified atom stereocenters. The molecule has 0 aromatic rings. The number of carbonyl (C=O) groups is 2. The van der Waals surface area contributed by atoms with E-state index in [9.17, 15) is 24.9 Å². The van der Waals surface area contributed by atoms with Crippen molar-refractivity contribution in [2.24, 2.45) is 35.5 Å². The van der Waals surface area contributed by atoms with Crippen LogP contribution in [0.1, 0.15) is 168 Å². The molecule has 0 saturated carbocycles. The summed E-state index contributed by atoms with van der Waals surface area (Å²) in [6.45, 7) is 36.4. The Morgan fingerprint density at radius 3 is 1.43 bits per heavy atom. The smallest absolute Gasteiger partial charge is 0.309 e. The van der Waals surface area contributed by atoms with E-state index < -0.39 is 55.9 Å². The number of ether oxygens (including phenoxy) is 8. The van der Waals surface area contributed by atoms with Crippen molar-refractivity contribution in [3.63, 3.8) is 0 Å². The zero-order valence-corrected chi connectivity index (χ0v) is 55.1. The molecule has 0 aromatic heterocycles. The summed E-state index contributed by atoms with van der Waals surface area (Å²) in [6, 6.07) is 0. The molecule has 81 heavy (non-hydrogen) atoms. The van der Waals surface area contributed by atoms with Crippen LogP contribution in [-0.4, -0.2) is 148 Å². The molecule has 0 aromatic carbocycles. The fourth-order valence-electron chi connectivity index (χ4n) is 11.1. The Labute approximate surface area is 492 Å². The topological polar surface area (TPSA) is 184 Å². The molecule has 0 radical (unpaired) electrons. The van der Waals surface area contributed by atoms with Gasteiger partial charge in [0.2, 0.25) is 0 Å². The lowest BCUT2D eigenvalue weighted by Crippen LogP contribution is -2.46. The van der Waals surface area contributed by atoms with Crippen molar-refractivity contribution in [1.29, 1.82) is 0 Å². The highest BCUT2D eigenvalue weighted by molar-refractivity contribution is 6.74. The molecule has 2 saturated heterocycles. The van der Waals surface area contributed by atoms with E-state index in [1.54, 1.807) is 28.4 Å². The van der Waals surface area contributed by atoms with E-state index in [1.807, 2.05) is 91.0 Å². The molecule has 3 N–H and O–H groups in total. The average Bonchev–Trinajstić information content (AvgIpc) is 4.38. The zero-order chi connectivity index (χ0) is 61.2. The highest BCUT2D eigenvalue weighted by atomic mass is 28.4. The van der Waals surface area contributed by atoms with E-state index in [0.717, 1.165) is 36.8 Å². The van der Waals surface area contributed by atoms with Gasteiger partial charge in [-0.3, -0.25) is 9.59 Å². The number of esters is 2. The largest absolute Gasteiger partial charge is 0.457 e. The molecule has 0 aliphatic carbocycles. The van der Waals surface area contributed by atoms with Gasteiger partial charge >= 0.3 is 11.9 Å². The van der Waals surface area contributed by atoms with Gasteiger partial charge in [-0.2, -0.15) is 0 Å². The highest BCUT2D eigenvalue weighted by Crippen LogP contribution is 2.43. The van der Waals surface area contributed by atoms with E-state index in [-0.39, 0.29) is 84.5 Å². The van der Waals surface area contributed by atoms with E-state index in [2.05, 4.69) is 86.7 Å². The molecule has 0 bridgehead atoms. The Hall–Kier alpha value is -2.80. The first-order chi connectivity index (χ1) is 37.8. The molecule has 0 spiro atoms. The Balaban J connectivity index is 0.000000432. The molecule has 20 atom stereocenters. The van der Waals surface area contributed by atoms with Crippen molar-refractivity contribution < 1.29 is 67.2 Å². The maximum Gasteiger partial charge on any atom is 0.309 e. The number of cyclic esters (lactones) is 2. The summed E-state index contributed by atoms with van der Waals surface area (Å²) in [5.41, 5.74) is 0.622. The number of carbonyl (C=O) groups excluding carboxylic acids is 2. The summed E-state index contributed by atoms with van der Waals surface area (Å²) < 4.78 is 53.6. The predicted molar refractivity (Wildman–Crippen MR) is 326 cm³/mol. The van der Waals surface area contributed by atoms with Gasteiger partial charge in [-0.15, -0.1) is 0 Å². The Morgan fingerprint density at radius 2 is 1.09 bits per heavy atom. The number of allylic oxidation sites excluding steroid dienone is 6. The van der Waals surface area contributed by atoms with Crippen molar-refractivity contribution >= 4 is 20.3 Å². The monoisotopic (exact) mass is 1160 g/mol. The van der Waals surface area contributed by atoms with E-state index in [0.29, 0.717) is 43.4 Å². The number of hydrogen-bond acceptors (Lipinski definition) is 14. The number of aliphatic hydroxyl groups is 3. The van der Waals surface area contributed by atoms with Gasteiger partial charge in [-0.05, 0) is 120 Å². The zero-order valence-electron chi connectivity index (χ0n) is 54.1. The fourth-order valence-corrected chi connectivity index (χ4v) is 12.5. The third kappa shape index (κ3) is 22.5. The van der Waals surface area contributed by atoms with Crippen LogP contribution in [0.5, 0.6) is 0 Å². The molecule has 4 heterocycles. The number of methoxy groups -OCH3 is 4. The summed E-state index contributed by atoms with van der Waals surface area (Å²) in [5, 5.41) is 31.3. The van der Waals surface area contributed by atoms with Gasteiger partial charge in [0.25, 0.3) is 0 Å². The Morgan fingerprint density at radius 1 is 0.691 bits per heavy atom. The van der Waals surface area contributed by atoms with E-state index in [4.69, 9.17) is 42.3 Å². The van der Waals surface area contributed by atoms with Crippen LogP contribution < -0.4 is 0 Å². The minimum absolute atomic E-state index is 0.0503. The molecule has 14 nitrogen and oxygen atoms in total. The van der Waals surface area contributed by atoms with Gasteiger partial charge < -0.3 is 57.6 Å². The fraction of sp³-hybridized carbons (Fsp3) is 0.788. The van der Waals surface area contributed by atoms with Gasteiger partial charge in [0, 0.05) is 58.2 Å². The quantitative estimate of drug-likeness (QED) is 0.0306. The lowest BCUT2D eigenvalue weighted by Gasteiger charge is -2.40. The predicted octanol–water partition coefficient (Wildman–Crippen LogP) is 12.5. The Bertz CT molecular complexity index is 2090. The van der Waals surface area contributed by atoms with Crippen LogP contribution in [0.25, 0.3) is 0 Å². The van der Waals surface area contributed by atoms with Crippen molar-refractivity contribution in [2.75, 3.05) is 28.4 Å². The van der Waals surface area contributed by atoms with E-state index in [1.165, 1.54) is 0 Å². The third-order valence-corrected chi connectivity index (χ3v) is 22.8. The van der Waals surface area contributed by atoms with E-state index >= 15 is 0 Å². The second kappa shape index (κ2) is 33.2. The van der Waals surface area contributed by atoms with Crippen molar-refractivity contribution in [1.82, 2.24) is 0 Å². The van der Waals surface area contributed by atoms with Crippen LogP contribution in [0.4, 0.5) is 0 Å². The molecular weight excluding hydrogens is 1040 g/mol. The summed E-state index contributed by atoms with van der Waals surface area (Å²) in [5.74, 6) is 0.147. The van der Waals surface area contributed by atoms with Gasteiger partial charge in [0.1, 0.15) is 24.4 Å². The maximum absolute atomic E-state index is 12.8. The van der Waals surface area contributed by atoms with Crippen LogP contribution in [0.2, 0.25) is 18.1 Å². The van der Waals surface area contributed by atoms with Crippen LogP contribution in [-0.2, 0) is 51.9 Å². The van der Waals surface area contributed by atoms with Gasteiger partial charge in [0.05, 0.1) is 66.8 Å². The molecule has 2 fully saturated rings. The van der Waals surface area contributed by atoms with Crippen LogP contribution in [0, 0.1) is 35.5 Å². The SMILES string of the molecule is CCC(O)C(C)C1OC1CC(C)/C=C/C=C(\C)C1OC(=O)CC(O)CCC(C)(OC)C(OC)/C=C/C1C.CCC(O[Si](C)(C)C(C)(C)C)C(C)C1OC1CC(C)/C=C/C=C(\C)C1OC(=O)CC(O)CCC(C)(OC)C(OC)/C=C/C1C. The molecule has 4 rings (SSSR count). The molecule has 4 aliphatic rings. The summed E-state index contributed by atoms with van der Waals surface area (Å²) in [4.78, 5) is 25.4. The second-order valence-electron chi connectivity index (χ2n) is 26.3. The lowest BCUT2D eigenvalue weighted by molar-refractivity contribution is -0.152. The molecular formula is C66H114O14Si. The Kier molecular flexibility index (Phi) is 29.7.